The number of likely N-dealkylation sites (tertiary alicyclic amines) is 1. The number of carbonyl (C=O) groups is 1. The highest BCUT2D eigenvalue weighted by Crippen LogP contribution is 2.22. The van der Waals surface area contributed by atoms with Crippen molar-refractivity contribution in [2.24, 2.45) is 5.92 Å². The molecule has 4 nitrogen and oxygen atoms in total. The first-order valence-corrected chi connectivity index (χ1v) is 6.33. The molecule has 1 aliphatic rings. The first-order valence-electron chi connectivity index (χ1n) is 6.33. The highest BCUT2D eigenvalue weighted by atomic mass is 19.1. The van der Waals surface area contributed by atoms with E-state index in [1.807, 2.05) is 6.92 Å². The molecule has 1 aromatic carbocycles. The van der Waals surface area contributed by atoms with E-state index < -0.39 is 11.9 Å². The van der Waals surface area contributed by atoms with Gasteiger partial charge in [0, 0.05) is 18.7 Å². The minimum atomic E-state index is -0.500. The molecule has 5 heteroatoms. The van der Waals surface area contributed by atoms with Gasteiger partial charge in [-0.25, -0.2) is 4.39 Å². The van der Waals surface area contributed by atoms with Gasteiger partial charge in [-0.2, -0.15) is 0 Å². The second kappa shape index (κ2) is 5.57. The number of hydrogen-bond donors (Lipinski definition) is 1. The standard InChI is InChI=1S/C14H18FNO3/c1-9-5-6-16(8-12(9)17)14(18)10-3-4-11(15)13(7-10)19-2/h3-4,7,9,12,17H,5-6,8H2,1-2H3. The van der Waals surface area contributed by atoms with Gasteiger partial charge in [0.1, 0.15) is 0 Å². The normalized spacial score (nSPS) is 23.3. The molecule has 0 aromatic heterocycles. The summed E-state index contributed by atoms with van der Waals surface area (Å²) in [6.07, 6.45) is 0.269. The third kappa shape index (κ3) is 2.87. The summed E-state index contributed by atoms with van der Waals surface area (Å²) < 4.78 is 18.2. The van der Waals surface area contributed by atoms with Crippen LogP contribution in [-0.2, 0) is 0 Å². The van der Waals surface area contributed by atoms with Crippen LogP contribution in [0.25, 0.3) is 0 Å². The molecule has 1 fully saturated rings. The van der Waals surface area contributed by atoms with Gasteiger partial charge in [0.25, 0.3) is 5.91 Å². The lowest BCUT2D eigenvalue weighted by Crippen LogP contribution is -2.45. The molecular weight excluding hydrogens is 249 g/mol. The Labute approximate surface area is 111 Å². The number of benzene rings is 1. The summed E-state index contributed by atoms with van der Waals surface area (Å²) >= 11 is 0. The SMILES string of the molecule is COc1cc(C(=O)N2CCC(C)C(O)C2)ccc1F. The number of rotatable bonds is 2. The van der Waals surface area contributed by atoms with Gasteiger partial charge in [-0.15, -0.1) is 0 Å². The molecular formula is C14H18FNO3. The van der Waals surface area contributed by atoms with Crippen molar-refractivity contribution in [1.82, 2.24) is 4.90 Å². The fourth-order valence-corrected chi connectivity index (χ4v) is 2.21. The number of piperidine rings is 1. The number of aliphatic hydroxyl groups is 1. The summed E-state index contributed by atoms with van der Waals surface area (Å²) in [6.45, 7) is 2.89. The predicted octanol–water partition coefficient (Wildman–Crippen LogP) is 1.68. The van der Waals surface area contributed by atoms with E-state index >= 15 is 0 Å². The van der Waals surface area contributed by atoms with Crippen LogP contribution in [-0.4, -0.2) is 42.2 Å². The van der Waals surface area contributed by atoms with Gasteiger partial charge in [0.2, 0.25) is 0 Å². The average molecular weight is 267 g/mol. The number of methoxy groups -OCH3 is 1. The Morgan fingerprint density at radius 3 is 2.89 bits per heavy atom. The molecule has 1 amide bonds. The van der Waals surface area contributed by atoms with Crippen molar-refractivity contribution in [3.63, 3.8) is 0 Å². The van der Waals surface area contributed by atoms with E-state index in [1.54, 1.807) is 4.90 Å². The summed E-state index contributed by atoms with van der Waals surface area (Å²) in [5.74, 6) is -0.445. The van der Waals surface area contributed by atoms with Crippen molar-refractivity contribution < 1.29 is 19.0 Å². The Morgan fingerprint density at radius 1 is 1.53 bits per heavy atom. The Hall–Kier alpha value is -1.62. The molecule has 104 valence electrons. The fraction of sp³-hybridized carbons (Fsp3) is 0.500. The molecule has 2 rings (SSSR count). The Morgan fingerprint density at radius 2 is 2.26 bits per heavy atom. The van der Waals surface area contributed by atoms with Crippen molar-refractivity contribution in [3.05, 3.63) is 29.6 Å². The van der Waals surface area contributed by atoms with E-state index in [-0.39, 0.29) is 17.6 Å². The first kappa shape index (κ1) is 13.8. The molecule has 19 heavy (non-hydrogen) atoms. The van der Waals surface area contributed by atoms with Gasteiger partial charge < -0.3 is 14.7 Å². The van der Waals surface area contributed by atoms with Gasteiger partial charge in [0.15, 0.2) is 11.6 Å². The van der Waals surface area contributed by atoms with Crippen molar-refractivity contribution in [3.8, 4) is 5.75 Å². The number of carbonyl (C=O) groups excluding carboxylic acids is 1. The molecule has 0 saturated carbocycles. The topological polar surface area (TPSA) is 49.8 Å². The Balaban J connectivity index is 2.15. The Kier molecular flexibility index (Phi) is 4.04. The van der Waals surface area contributed by atoms with Crippen molar-refractivity contribution >= 4 is 5.91 Å². The summed E-state index contributed by atoms with van der Waals surface area (Å²) in [6, 6.07) is 4.04. The van der Waals surface area contributed by atoms with E-state index in [0.717, 1.165) is 6.42 Å². The molecule has 1 aromatic rings. The van der Waals surface area contributed by atoms with E-state index in [0.29, 0.717) is 18.7 Å². The van der Waals surface area contributed by atoms with Gasteiger partial charge in [-0.1, -0.05) is 6.92 Å². The van der Waals surface area contributed by atoms with Crippen LogP contribution in [0.5, 0.6) is 5.75 Å². The number of ether oxygens (including phenoxy) is 1. The minimum absolute atomic E-state index is 0.0526. The molecule has 1 N–H and O–H groups in total. The fourth-order valence-electron chi connectivity index (χ4n) is 2.21. The lowest BCUT2D eigenvalue weighted by atomic mass is 9.95. The molecule has 2 unspecified atom stereocenters. The van der Waals surface area contributed by atoms with Crippen LogP contribution < -0.4 is 4.74 Å². The first-order chi connectivity index (χ1) is 9.02. The van der Waals surface area contributed by atoms with Gasteiger partial charge in [-0.05, 0) is 30.5 Å². The number of amides is 1. The van der Waals surface area contributed by atoms with Gasteiger partial charge in [-0.3, -0.25) is 4.79 Å². The summed E-state index contributed by atoms with van der Waals surface area (Å²) in [5.41, 5.74) is 0.375. The lowest BCUT2D eigenvalue weighted by Gasteiger charge is -2.34. The number of aliphatic hydroxyl groups excluding tert-OH is 1. The van der Waals surface area contributed by atoms with Crippen molar-refractivity contribution in [1.29, 1.82) is 0 Å². The number of β-amino-alcohol motifs (C(OH)–C–C–N with tert-alkyl or cyclic N) is 1. The number of halogens is 1. The van der Waals surface area contributed by atoms with Gasteiger partial charge >= 0.3 is 0 Å². The second-order valence-electron chi connectivity index (χ2n) is 4.93. The second-order valence-corrected chi connectivity index (χ2v) is 4.93. The van der Waals surface area contributed by atoms with E-state index in [9.17, 15) is 14.3 Å². The molecule has 0 aliphatic carbocycles. The molecule has 0 bridgehead atoms. The molecule has 0 spiro atoms. The van der Waals surface area contributed by atoms with Crippen LogP contribution in [0.2, 0.25) is 0 Å². The highest BCUT2D eigenvalue weighted by molar-refractivity contribution is 5.94. The molecule has 1 aliphatic heterocycles. The van der Waals surface area contributed by atoms with Crippen molar-refractivity contribution in [2.75, 3.05) is 20.2 Å². The Bertz CT molecular complexity index is 478. The zero-order valence-corrected chi connectivity index (χ0v) is 11.1. The van der Waals surface area contributed by atoms with Crippen molar-refractivity contribution in [2.45, 2.75) is 19.4 Å². The largest absolute Gasteiger partial charge is 0.494 e. The quantitative estimate of drug-likeness (QED) is 0.887. The maximum absolute atomic E-state index is 13.3. The molecule has 1 heterocycles. The monoisotopic (exact) mass is 267 g/mol. The highest BCUT2D eigenvalue weighted by Gasteiger charge is 2.28. The van der Waals surface area contributed by atoms with Crippen LogP contribution in [0, 0.1) is 11.7 Å². The van der Waals surface area contributed by atoms with Gasteiger partial charge in [0.05, 0.1) is 13.2 Å². The smallest absolute Gasteiger partial charge is 0.254 e. The van der Waals surface area contributed by atoms with Crippen LogP contribution in [0.1, 0.15) is 23.7 Å². The van der Waals surface area contributed by atoms with E-state index in [2.05, 4.69) is 0 Å². The molecule has 2 atom stereocenters. The summed E-state index contributed by atoms with van der Waals surface area (Å²) in [7, 11) is 1.36. The van der Waals surface area contributed by atoms with Crippen LogP contribution in [0.3, 0.4) is 0 Å². The lowest BCUT2D eigenvalue weighted by molar-refractivity contribution is 0.0248. The average Bonchev–Trinajstić information content (AvgIpc) is 2.41. The zero-order valence-electron chi connectivity index (χ0n) is 11.1. The third-order valence-electron chi connectivity index (χ3n) is 3.60. The predicted molar refractivity (Wildman–Crippen MR) is 68.6 cm³/mol. The maximum Gasteiger partial charge on any atom is 0.254 e. The zero-order chi connectivity index (χ0) is 14.0. The molecule has 1 saturated heterocycles. The van der Waals surface area contributed by atoms with Crippen LogP contribution in [0.4, 0.5) is 4.39 Å². The number of nitrogens with zero attached hydrogens (tertiary/aromatic N) is 1. The summed E-state index contributed by atoms with van der Waals surface area (Å²) in [5, 5.41) is 9.81. The van der Waals surface area contributed by atoms with Crippen LogP contribution in [0.15, 0.2) is 18.2 Å². The molecule has 0 radical (unpaired) electrons. The summed E-state index contributed by atoms with van der Waals surface area (Å²) in [4.78, 5) is 13.9. The third-order valence-corrected chi connectivity index (χ3v) is 3.60. The van der Waals surface area contributed by atoms with Crippen LogP contribution >= 0.6 is 0 Å². The van der Waals surface area contributed by atoms with E-state index in [4.69, 9.17) is 4.74 Å². The minimum Gasteiger partial charge on any atom is -0.494 e. The maximum atomic E-state index is 13.3. The number of hydrogen-bond acceptors (Lipinski definition) is 3. The van der Waals surface area contributed by atoms with E-state index in [1.165, 1.54) is 25.3 Å².